The Balaban J connectivity index is 3.05. The summed E-state index contributed by atoms with van der Waals surface area (Å²) in [4.78, 5) is 27.9. The van der Waals surface area contributed by atoms with E-state index in [1.807, 2.05) is 20.9 Å². The minimum atomic E-state index is -0.561. The van der Waals surface area contributed by atoms with Crippen LogP contribution in [0.15, 0.2) is 9.59 Å². The van der Waals surface area contributed by atoms with Crippen molar-refractivity contribution in [3.63, 3.8) is 0 Å². The number of nitrogens with one attached hydrogen (secondary N) is 1. The Morgan fingerprint density at radius 1 is 1.30 bits per heavy atom. The largest absolute Gasteiger partial charge is 0.494 e. The van der Waals surface area contributed by atoms with Crippen LogP contribution in [0.2, 0.25) is 0 Å². The van der Waals surface area contributed by atoms with Gasteiger partial charge in [0.25, 0.3) is 5.56 Å². The van der Waals surface area contributed by atoms with Crippen molar-refractivity contribution in [2.24, 2.45) is 0 Å². The van der Waals surface area contributed by atoms with Crippen molar-refractivity contribution in [3.8, 4) is 5.88 Å². The molecule has 0 radical (unpaired) electrons. The molecule has 1 atom stereocenters. The van der Waals surface area contributed by atoms with Gasteiger partial charge >= 0.3 is 5.69 Å². The lowest BCUT2D eigenvalue weighted by Crippen LogP contribution is -2.37. The van der Waals surface area contributed by atoms with Crippen LogP contribution in [0.5, 0.6) is 5.88 Å². The quantitative estimate of drug-likeness (QED) is 0.819. The predicted molar refractivity (Wildman–Crippen MR) is 79.5 cm³/mol. The molecule has 20 heavy (non-hydrogen) atoms. The molecule has 1 heterocycles. The first kappa shape index (κ1) is 16.5. The van der Waals surface area contributed by atoms with Gasteiger partial charge in [-0.2, -0.15) is 0 Å². The summed E-state index contributed by atoms with van der Waals surface area (Å²) >= 11 is 0. The summed E-state index contributed by atoms with van der Waals surface area (Å²) in [6.45, 7) is 8.81. The molecular formula is C14H25N3O3. The van der Waals surface area contributed by atoms with E-state index in [2.05, 4.69) is 23.7 Å². The third-order valence-electron chi connectivity index (χ3n) is 3.80. The van der Waals surface area contributed by atoms with Crippen LogP contribution in [0.25, 0.3) is 0 Å². The van der Waals surface area contributed by atoms with Crippen LogP contribution in [0.3, 0.4) is 0 Å². The zero-order valence-corrected chi connectivity index (χ0v) is 12.9. The van der Waals surface area contributed by atoms with E-state index in [9.17, 15) is 14.7 Å². The number of aromatic hydroxyl groups is 1. The Kier molecular flexibility index (Phi) is 5.56. The van der Waals surface area contributed by atoms with Gasteiger partial charge in [-0.3, -0.25) is 14.3 Å². The summed E-state index contributed by atoms with van der Waals surface area (Å²) in [6.07, 6.45) is 1.01. The Bertz CT molecular complexity index is 560. The fourth-order valence-corrected chi connectivity index (χ4v) is 2.09. The molecule has 0 aliphatic carbocycles. The van der Waals surface area contributed by atoms with E-state index in [0.717, 1.165) is 6.42 Å². The Hall–Kier alpha value is -1.56. The second-order valence-corrected chi connectivity index (χ2v) is 5.54. The molecule has 0 amide bonds. The molecule has 0 fully saturated rings. The van der Waals surface area contributed by atoms with Gasteiger partial charge < -0.3 is 10.0 Å². The highest BCUT2D eigenvalue weighted by atomic mass is 16.3. The number of H-pyrrole nitrogens is 1. The first-order chi connectivity index (χ1) is 9.29. The fourth-order valence-electron chi connectivity index (χ4n) is 2.09. The molecule has 1 aromatic heterocycles. The minimum Gasteiger partial charge on any atom is -0.494 e. The summed E-state index contributed by atoms with van der Waals surface area (Å²) in [5.41, 5.74) is -0.806. The molecule has 1 unspecified atom stereocenters. The summed E-state index contributed by atoms with van der Waals surface area (Å²) < 4.78 is 1.23. The molecule has 0 saturated carbocycles. The van der Waals surface area contributed by atoms with E-state index in [0.29, 0.717) is 19.1 Å². The molecule has 6 heteroatoms. The van der Waals surface area contributed by atoms with Crippen LogP contribution >= 0.6 is 0 Å². The highest BCUT2D eigenvalue weighted by Crippen LogP contribution is 2.19. The summed E-state index contributed by atoms with van der Waals surface area (Å²) in [6, 6.07) is 0.403. The van der Waals surface area contributed by atoms with E-state index >= 15 is 0 Å². The van der Waals surface area contributed by atoms with Gasteiger partial charge in [-0.25, -0.2) is 4.79 Å². The summed E-state index contributed by atoms with van der Waals surface area (Å²) in [5, 5.41) is 10.2. The summed E-state index contributed by atoms with van der Waals surface area (Å²) in [5.74, 6) is -0.357. The fraction of sp³-hybridized carbons (Fsp3) is 0.714. The van der Waals surface area contributed by atoms with Crippen LogP contribution < -0.4 is 11.2 Å². The molecule has 0 aliphatic heterocycles. The topological polar surface area (TPSA) is 78.3 Å². The van der Waals surface area contributed by atoms with Crippen molar-refractivity contribution in [1.82, 2.24) is 14.5 Å². The van der Waals surface area contributed by atoms with Crippen LogP contribution in [0.4, 0.5) is 0 Å². The molecule has 0 aliphatic rings. The minimum absolute atomic E-state index is 0.141. The van der Waals surface area contributed by atoms with Crippen LogP contribution in [-0.4, -0.2) is 39.2 Å². The molecule has 0 saturated heterocycles. The van der Waals surface area contributed by atoms with Gasteiger partial charge in [0.15, 0.2) is 0 Å². The standard InChI is InChI=1S/C14H25N3O3/c1-6-10(4)16(5)7-8-17-13(19)11(9(2)3)12(18)15-14(17)20/h9-10,19H,6-8H2,1-5H3,(H,15,18,20). The Morgan fingerprint density at radius 3 is 2.40 bits per heavy atom. The Morgan fingerprint density at radius 2 is 1.90 bits per heavy atom. The molecule has 0 bridgehead atoms. The number of nitrogens with zero attached hydrogens (tertiary/aromatic N) is 2. The number of rotatable bonds is 6. The zero-order valence-electron chi connectivity index (χ0n) is 12.9. The number of aromatic nitrogens is 2. The van der Waals surface area contributed by atoms with Gasteiger partial charge in [0.1, 0.15) is 0 Å². The van der Waals surface area contributed by atoms with Gasteiger partial charge in [0.05, 0.1) is 5.56 Å². The molecule has 0 spiro atoms. The smallest absolute Gasteiger partial charge is 0.331 e. The van der Waals surface area contributed by atoms with Crippen LogP contribution in [0.1, 0.15) is 45.6 Å². The van der Waals surface area contributed by atoms with Crippen molar-refractivity contribution in [1.29, 1.82) is 0 Å². The molecule has 1 rings (SSSR count). The number of hydrogen-bond acceptors (Lipinski definition) is 4. The van der Waals surface area contributed by atoms with Crippen LogP contribution in [-0.2, 0) is 6.54 Å². The monoisotopic (exact) mass is 283 g/mol. The second-order valence-electron chi connectivity index (χ2n) is 5.54. The normalized spacial score (nSPS) is 13.2. The zero-order chi connectivity index (χ0) is 15.4. The van der Waals surface area contributed by atoms with Gasteiger partial charge in [-0.15, -0.1) is 0 Å². The average molecular weight is 283 g/mol. The first-order valence-electron chi connectivity index (χ1n) is 7.05. The maximum absolute atomic E-state index is 11.8. The van der Waals surface area contributed by atoms with Crippen LogP contribution in [0, 0.1) is 0 Å². The molecule has 6 nitrogen and oxygen atoms in total. The SMILES string of the molecule is CCC(C)N(C)CCn1c(O)c(C(C)C)c(=O)[nH]c1=O. The van der Waals surface area contributed by atoms with Gasteiger partial charge in [0.2, 0.25) is 5.88 Å². The van der Waals surface area contributed by atoms with Crippen molar-refractivity contribution < 1.29 is 5.11 Å². The van der Waals surface area contributed by atoms with Gasteiger partial charge in [-0.1, -0.05) is 20.8 Å². The third kappa shape index (κ3) is 3.50. The second kappa shape index (κ2) is 6.74. The van der Waals surface area contributed by atoms with Crippen molar-refractivity contribution >= 4 is 0 Å². The maximum atomic E-state index is 11.8. The third-order valence-corrected chi connectivity index (χ3v) is 3.80. The van der Waals surface area contributed by atoms with Gasteiger partial charge in [-0.05, 0) is 26.3 Å². The lowest BCUT2D eigenvalue weighted by molar-refractivity contribution is 0.235. The lowest BCUT2D eigenvalue weighted by atomic mass is 10.1. The van der Waals surface area contributed by atoms with E-state index in [-0.39, 0.29) is 17.4 Å². The van der Waals surface area contributed by atoms with E-state index in [4.69, 9.17) is 0 Å². The molecule has 0 aromatic carbocycles. The first-order valence-corrected chi connectivity index (χ1v) is 7.05. The molecule has 1 aromatic rings. The highest BCUT2D eigenvalue weighted by molar-refractivity contribution is 5.25. The van der Waals surface area contributed by atoms with E-state index in [1.54, 1.807) is 0 Å². The number of likely N-dealkylation sites (N-methyl/N-ethyl adjacent to an activating group) is 1. The molecule has 2 N–H and O–H groups in total. The maximum Gasteiger partial charge on any atom is 0.331 e. The Labute approximate surface area is 119 Å². The molecule has 114 valence electrons. The van der Waals surface area contributed by atoms with Crippen molar-refractivity contribution in [2.75, 3.05) is 13.6 Å². The molecular weight excluding hydrogens is 258 g/mol. The van der Waals surface area contributed by atoms with Crippen molar-refractivity contribution in [3.05, 3.63) is 26.4 Å². The lowest BCUT2D eigenvalue weighted by Gasteiger charge is -2.24. The number of aromatic amines is 1. The summed E-state index contributed by atoms with van der Waals surface area (Å²) in [7, 11) is 1.98. The number of hydrogen-bond donors (Lipinski definition) is 2. The highest BCUT2D eigenvalue weighted by Gasteiger charge is 2.17. The van der Waals surface area contributed by atoms with Crippen molar-refractivity contribution in [2.45, 2.75) is 52.6 Å². The van der Waals surface area contributed by atoms with E-state index < -0.39 is 11.2 Å². The van der Waals surface area contributed by atoms with E-state index in [1.165, 1.54) is 4.57 Å². The van der Waals surface area contributed by atoms with Gasteiger partial charge in [0, 0.05) is 19.1 Å². The predicted octanol–water partition coefficient (Wildman–Crippen LogP) is 1.10. The average Bonchev–Trinajstić information content (AvgIpc) is 2.36.